The molecule has 0 saturated carbocycles. The summed E-state index contributed by atoms with van der Waals surface area (Å²) in [5.74, 6) is 0.719. The lowest BCUT2D eigenvalue weighted by Crippen LogP contribution is -1.95. The molecule has 0 bridgehead atoms. The molecule has 0 aliphatic carbocycles. The normalized spacial score (nSPS) is 11.6. The smallest absolute Gasteiger partial charge is 0.160 e. The van der Waals surface area contributed by atoms with Gasteiger partial charge in [-0.05, 0) is 75.8 Å². The fourth-order valence-corrected chi connectivity index (χ4v) is 8.24. The minimum atomic E-state index is 0.719. The van der Waals surface area contributed by atoms with Crippen LogP contribution in [-0.2, 0) is 0 Å². The number of nitrogens with zero attached hydrogens (tertiary/aromatic N) is 3. The third-order valence-electron chi connectivity index (χ3n) is 10.9. The van der Waals surface area contributed by atoms with E-state index in [4.69, 9.17) is 9.97 Å². The molecule has 11 aromatic rings. The summed E-state index contributed by atoms with van der Waals surface area (Å²) in [6, 6.07) is 71.5. The number of hydrogen-bond donors (Lipinski definition) is 0. The standard InChI is InChI=1S/C52H33N3/c1-5-13-34(14-6-1)40-25-27-49-43(29-40)45-31-42(35-15-7-2-8-16-35)32-46-44-30-41(26-28-50(44)55(49)51(45)46)36-21-23-38(24-22-36)48-33-47(37-17-9-3-10-18-37)53-52(54-48)39-19-11-4-12-20-39/h1-33H. The van der Waals surface area contributed by atoms with E-state index in [9.17, 15) is 0 Å². The number of benzene rings is 8. The summed E-state index contributed by atoms with van der Waals surface area (Å²) < 4.78 is 2.47. The number of hydrogen-bond acceptors (Lipinski definition) is 2. The average Bonchev–Trinajstić information content (AvgIpc) is 3.78. The first-order chi connectivity index (χ1) is 27.2. The van der Waals surface area contributed by atoms with Crippen LogP contribution in [0.1, 0.15) is 0 Å². The van der Waals surface area contributed by atoms with Gasteiger partial charge in [0.15, 0.2) is 5.82 Å². The Bertz CT molecular complexity index is 3090. The summed E-state index contributed by atoms with van der Waals surface area (Å²) in [6.07, 6.45) is 0. The van der Waals surface area contributed by atoms with E-state index in [0.29, 0.717) is 0 Å². The van der Waals surface area contributed by atoms with Crippen LogP contribution in [0.15, 0.2) is 200 Å². The summed E-state index contributed by atoms with van der Waals surface area (Å²) in [6.45, 7) is 0. The third-order valence-corrected chi connectivity index (χ3v) is 10.9. The largest absolute Gasteiger partial charge is 0.308 e. The van der Waals surface area contributed by atoms with E-state index in [2.05, 4.69) is 180 Å². The Labute approximate surface area is 318 Å². The van der Waals surface area contributed by atoms with Crippen molar-refractivity contribution in [3.05, 3.63) is 200 Å². The molecule has 0 atom stereocenters. The van der Waals surface area contributed by atoms with Crippen molar-refractivity contribution in [2.75, 3.05) is 0 Å². The number of rotatable bonds is 6. The van der Waals surface area contributed by atoms with Gasteiger partial charge in [-0.1, -0.05) is 158 Å². The van der Waals surface area contributed by atoms with E-state index < -0.39 is 0 Å². The third kappa shape index (κ3) is 5.28. The zero-order valence-electron chi connectivity index (χ0n) is 29.9. The lowest BCUT2D eigenvalue weighted by Gasteiger charge is -2.10. The topological polar surface area (TPSA) is 30.2 Å². The van der Waals surface area contributed by atoms with Crippen molar-refractivity contribution in [1.29, 1.82) is 0 Å². The predicted molar refractivity (Wildman–Crippen MR) is 229 cm³/mol. The van der Waals surface area contributed by atoms with Gasteiger partial charge >= 0.3 is 0 Å². The number of fused-ring (bicyclic) bond motifs is 6. The molecule has 55 heavy (non-hydrogen) atoms. The Morgan fingerprint density at radius 3 is 1.15 bits per heavy atom. The van der Waals surface area contributed by atoms with Crippen molar-refractivity contribution >= 4 is 38.1 Å². The fourth-order valence-electron chi connectivity index (χ4n) is 8.24. The van der Waals surface area contributed by atoms with Crippen LogP contribution < -0.4 is 0 Å². The Balaban J connectivity index is 1.05. The Morgan fingerprint density at radius 2 is 0.636 bits per heavy atom. The SMILES string of the molecule is c1ccc(-c2ccc3c(c2)c2cc(-c4ccccc4)cc4c5cc(-c6ccc(-c7cc(-c8ccccc8)nc(-c8ccccc8)n7)cc6)ccc5n3c24)cc1. The predicted octanol–water partition coefficient (Wildman–Crippen LogP) is 13.6. The quantitative estimate of drug-likeness (QED) is 0.173. The van der Waals surface area contributed by atoms with Crippen LogP contribution in [0.2, 0.25) is 0 Å². The maximum atomic E-state index is 5.05. The van der Waals surface area contributed by atoms with Crippen LogP contribution >= 0.6 is 0 Å². The molecule has 0 amide bonds. The maximum Gasteiger partial charge on any atom is 0.160 e. The van der Waals surface area contributed by atoms with Crippen LogP contribution in [0.5, 0.6) is 0 Å². The monoisotopic (exact) mass is 699 g/mol. The van der Waals surface area contributed by atoms with Crippen molar-refractivity contribution < 1.29 is 0 Å². The van der Waals surface area contributed by atoms with Gasteiger partial charge in [0.25, 0.3) is 0 Å². The molecule has 3 heterocycles. The molecule has 0 aliphatic rings. The van der Waals surface area contributed by atoms with Gasteiger partial charge in [-0.2, -0.15) is 0 Å². The van der Waals surface area contributed by atoms with Crippen LogP contribution in [-0.4, -0.2) is 14.4 Å². The van der Waals surface area contributed by atoms with Gasteiger partial charge in [-0.15, -0.1) is 0 Å². The van der Waals surface area contributed by atoms with E-state index >= 15 is 0 Å². The highest BCUT2D eigenvalue weighted by atomic mass is 14.9. The van der Waals surface area contributed by atoms with E-state index in [0.717, 1.165) is 39.5 Å². The highest BCUT2D eigenvalue weighted by molar-refractivity contribution is 6.25. The molecular weight excluding hydrogens is 667 g/mol. The Kier molecular flexibility index (Phi) is 7.17. The number of aromatic nitrogens is 3. The average molecular weight is 700 g/mol. The Hall–Kier alpha value is -7.36. The molecule has 256 valence electrons. The first kappa shape index (κ1) is 31.2. The molecule has 0 spiro atoms. The van der Waals surface area contributed by atoms with Crippen LogP contribution in [0.25, 0.3) is 105 Å². The molecule has 0 radical (unpaired) electrons. The molecule has 0 aliphatic heterocycles. The van der Waals surface area contributed by atoms with Crippen LogP contribution in [0.3, 0.4) is 0 Å². The molecule has 3 heteroatoms. The second-order valence-electron chi connectivity index (χ2n) is 14.2. The van der Waals surface area contributed by atoms with Crippen molar-refractivity contribution in [3.63, 3.8) is 0 Å². The van der Waals surface area contributed by atoms with E-state index in [1.165, 1.54) is 65.9 Å². The molecular formula is C52H33N3. The van der Waals surface area contributed by atoms with Crippen molar-refractivity contribution in [2.45, 2.75) is 0 Å². The van der Waals surface area contributed by atoms with Crippen molar-refractivity contribution in [2.24, 2.45) is 0 Å². The van der Waals surface area contributed by atoms with Crippen LogP contribution in [0, 0.1) is 0 Å². The van der Waals surface area contributed by atoms with E-state index in [1.807, 2.05) is 24.3 Å². The highest BCUT2D eigenvalue weighted by Gasteiger charge is 2.20. The van der Waals surface area contributed by atoms with Gasteiger partial charge in [0, 0.05) is 38.2 Å². The summed E-state index contributed by atoms with van der Waals surface area (Å²) >= 11 is 0. The van der Waals surface area contributed by atoms with Crippen molar-refractivity contribution in [3.8, 4) is 67.3 Å². The zero-order valence-corrected chi connectivity index (χ0v) is 29.9. The van der Waals surface area contributed by atoms with Gasteiger partial charge in [0.2, 0.25) is 0 Å². The molecule has 0 N–H and O–H groups in total. The summed E-state index contributed by atoms with van der Waals surface area (Å²) in [4.78, 5) is 10.0. The van der Waals surface area contributed by atoms with Gasteiger partial charge in [-0.3, -0.25) is 0 Å². The first-order valence-electron chi connectivity index (χ1n) is 18.7. The fraction of sp³-hybridized carbons (Fsp3) is 0. The van der Waals surface area contributed by atoms with Crippen LogP contribution in [0.4, 0.5) is 0 Å². The lowest BCUT2D eigenvalue weighted by atomic mass is 9.96. The van der Waals surface area contributed by atoms with Gasteiger partial charge in [-0.25, -0.2) is 9.97 Å². The lowest BCUT2D eigenvalue weighted by molar-refractivity contribution is 1.18. The zero-order chi connectivity index (χ0) is 36.3. The molecule has 3 nitrogen and oxygen atoms in total. The molecule has 0 fully saturated rings. The van der Waals surface area contributed by atoms with Gasteiger partial charge < -0.3 is 4.40 Å². The summed E-state index contributed by atoms with van der Waals surface area (Å²) in [5.41, 5.74) is 15.9. The molecule has 0 unspecified atom stereocenters. The molecule has 0 saturated heterocycles. The minimum Gasteiger partial charge on any atom is -0.308 e. The van der Waals surface area contributed by atoms with Gasteiger partial charge in [0.1, 0.15) is 0 Å². The second-order valence-corrected chi connectivity index (χ2v) is 14.2. The molecule has 11 rings (SSSR count). The first-order valence-corrected chi connectivity index (χ1v) is 18.7. The summed E-state index contributed by atoms with van der Waals surface area (Å²) in [5, 5.41) is 5.08. The summed E-state index contributed by atoms with van der Waals surface area (Å²) in [7, 11) is 0. The molecule has 3 aromatic heterocycles. The van der Waals surface area contributed by atoms with E-state index in [-0.39, 0.29) is 0 Å². The van der Waals surface area contributed by atoms with Crippen molar-refractivity contribution in [1.82, 2.24) is 14.4 Å². The molecule has 8 aromatic carbocycles. The highest BCUT2D eigenvalue weighted by Crippen LogP contribution is 2.44. The van der Waals surface area contributed by atoms with Gasteiger partial charge in [0.05, 0.1) is 27.9 Å². The second kappa shape index (κ2) is 12.6. The Morgan fingerprint density at radius 1 is 0.273 bits per heavy atom. The van der Waals surface area contributed by atoms with E-state index in [1.54, 1.807) is 0 Å². The maximum absolute atomic E-state index is 5.05. The minimum absolute atomic E-state index is 0.719.